The first kappa shape index (κ1) is 12.8. The Morgan fingerprint density at radius 3 is 2.93 bits per heavy atom. The number of rotatable bonds is 4. The summed E-state index contributed by atoms with van der Waals surface area (Å²) in [4.78, 5) is 10.6. The van der Waals surface area contributed by atoms with Gasteiger partial charge >= 0.3 is 5.97 Å². The second-order valence-electron chi connectivity index (χ2n) is 2.76. The predicted molar refractivity (Wildman–Crippen MR) is 69.4 cm³/mol. The van der Waals surface area contributed by atoms with Crippen molar-refractivity contribution in [3.05, 3.63) is 27.8 Å². The lowest BCUT2D eigenvalue weighted by Crippen LogP contribution is -2.22. The molecular formula is C10H10BrIO3. The third kappa shape index (κ3) is 4.38. The summed E-state index contributed by atoms with van der Waals surface area (Å²) >= 11 is 5.38. The van der Waals surface area contributed by atoms with Crippen molar-refractivity contribution in [1.82, 2.24) is 0 Å². The van der Waals surface area contributed by atoms with E-state index in [9.17, 15) is 4.79 Å². The first-order valence-corrected chi connectivity index (χ1v) is 6.23. The van der Waals surface area contributed by atoms with Crippen LogP contribution in [0.15, 0.2) is 24.3 Å². The van der Waals surface area contributed by atoms with Crippen LogP contribution >= 0.6 is 38.5 Å². The predicted octanol–water partition coefficient (Wildman–Crippen LogP) is 2.61. The van der Waals surface area contributed by atoms with E-state index in [4.69, 9.17) is 4.74 Å². The van der Waals surface area contributed by atoms with Crippen LogP contribution in [0.3, 0.4) is 0 Å². The molecule has 0 amide bonds. The second kappa shape index (κ2) is 6.32. The largest absolute Gasteiger partial charge is 0.492 e. The highest BCUT2D eigenvalue weighted by molar-refractivity contribution is 14.1. The van der Waals surface area contributed by atoms with E-state index in [1.165, 1.54) is 7.11 Å². The molecule has 0 saturated carbocycles. The molecule has 0 bridgehead atoms. The number of halogens is 2. The maximum Gasteiger partial charge on any atom is 0.322 e. The van der Waals surface area contributed by atoms with Crippen LogP contribution in [0, 0.1) is 3.57 Å². The third-order valence-electron chi connectivity index (χ3n) is 1.65. The van der Waals surface area contributed by atoms with Crippen LogP contribution in [0.25, 0.3) is 0 Å². The molecule has 3 nitrogen and oxygen atoms in total. The summed E-state index contributed by atoms with van der Waals surface area (Å²) in [7, 11) is 1.35. The molecule has 1 rings (SSSR count). The normalized spacial score (nSPS) is 11.9. The smallest absolute Gasteiger partial charge is 0.322 e. The molecule has 82 valence electrons. The molecule has 0 spiro atoms. The number of methoxy groups -OCH3 is 1. The van der Waals surface area contributed by atoms with E-state index >= 15 is 0 Å². The summed E-state index contributed by atoms with van der Waals surface area (Å²) in [5.41, 5.74) is 0. The molecule has 0 heterocycles. The average molecular weight is 385 g/mol. The molecular weight excluding hydrogens is 375 g/mol. The zero-order valence-electron chi connectivity index (χ0n) is 8.07. The van der Waals surface area contributed by atoms with Gasteiger partial charge in [-0.15, -0.1) is 0 Å². The van der Waals surface area contributed by atoms with Crippen molar-refractivity contribution >= 4 is 44.5 Å². The molecule has 0 radical (unpaired) electrons. The van der Waals surface area contributed by atoms with Gasteiger partial charge in [-0.1, -0.05) is 22.0 Å². The van der Waals surface area contributed by atoms with Crippen LogP contribution in [-0.2, 0) is 9.53 Å². The van der Waals surface area contributed by atoms with Gasteiger partial charge in [-0.2, -0.15) is 0 Å². The van der Waals surface area contributed by atoms with Crippen LogP contribution in [0.5, 0.6) is 5.75 Å². The van der Waals surface area contributed by atoms with E-state index < -0.39 is 4.83 Å². The van der Waals surface area contributed by atoms with Gasteiger partial charge in [0.2, 0.25) is 0 Å². The van der Waals surface area contributed by atoms with Gasteiger partial charge in [-0.3, -0.25) is 4.79 Å². The summed E-state index contributed by atoms with van der Waals surface area (Å²) in [6.45, 7) is 0.257. The SMILES string of the molecule is COC(=O)C(Br)COc1cccc(I)c1. The zero-order valence-corrected chi connectivity index (χ0v) is 11.8. The maximum absolute atomic E-state index is 11.0. The van der Waals surface area contributed by atoms with Crippen LogP contribution in [0.1, 0.15) is 0 Å². The highest BCUT2D eigenvalue weighted by atomic mass is 127. The summed E-state index contributed by atoms with van der Waals surface area (Å²) in [6, 6.07) is 7.62. The molecule has 1 aromatic rings. The van der Waals surface area contributed by atoms with Gasteiger partial charge in [0.15, 0.2) is 0 Å². The van der Waals surface area contributed by atoms with Crippen molar-refractivity contribution in [2.75, 3.05) is 13.7 Å². The lowest BCUT2D eigenvalue weighted by Gasteiger charge is -2.09. The Kier molecular flexibility index (Phi) is 5.38. The van der Waals surface area contributed by atoms with Crippen LogP contribution in [0.2, 0.25) is 0 Å². The van der Waals surface area contributed by atoms with E-state index in [0.717, 1.165) is 9.32 Å². The highest BCUT2D eigenvalue weighted by Crippen LogP contribution is 2.16. The van der Waals surface area contributed by atoms with E-state index in [0.29, 0.717) is 0 Å². The van der Waals surface area contributed by atoms with Gasteiger partial charge in [0.1, 0.15) is 17.2 Å². The Hall–Kier alpha value is -0.300. The van der Waals surface area contributed by atoms with Gasteiger partial charge in [-0.05, 0) is 40.8 Å². The second-order valence-corrected chi connectivity index (χ2v) is 5.11. The topological polar surface area (TPSA) is 35.5 Å². The van der Waals surface area contributed by atoms with Crippen LogP contribution < -0.4 is 4.74 Å². The quantitative estimate of drug-likeness (QED) is 0.454. The van der Waals surface area contributed by atoms with E-state index in [-0.39, 0.29) is 12.6 Å². The Labute approximate surface area is 110 Å². The van der Waals surface area contributed by atoms with Gasteiger partial charge in [0, 0.05) is 3.57 Å². The van der Waals surface area contributed by atoms with Gasteiger partial charge in [0.05, 0.1) is 7.11 Å². The fraction of sp³-hybridized carbons (Fsp3) is 0.300. The number of carbonyl (C=O) groups is 1. The molecule has 5 heteroatoms. The molecule has 0 aliphatic carbocycles. The maximum atomic E-state index is 11.0. The van der Waals surface area contributed by atoms with Gasteiger partial charge in [-0.25, -0.2) is 0 Å². The Morgan fingerprint density at radius 1 is 1.60 bits per heavy atom. The molecule has 0 aliphatic heterocycles. The molecule has 0 fully saturated rings. The summed E-state index contributed by atoms with van der Waals surface area (Å²) in [6.07, 6.45) is 0. The van der Waals surface area contributed by atoms with E-state index in [1.54, 1.807) is 0 Å². The summed E-state index contributed by atoms with van der Waals surface area (Å²) in [5.74, 6) is 0.413. The van der Waals surface area contributed by atoms with Gasteiger partial charge in [0.25, 0.3) is 0 Å². The fourth-order valence-corrected chi connectivity index (χ4v) is 1.76. The molecule has 0 aliphatic rings. The molecule has 1 aromatic carbocycles. The standard InChI is InChI=1S/C10H10BrIO3/c1-14-10(13)9(11)6-15-8-4-2-3-7(12)5-8/h2-5,9H,6H2,1H3. The minimum atomic E-state index is -0.430. The lowest BCUT2D eigenvalue weighted by molar-refractivity contribution is -0.140. The van der Waals surface area contributed by atoms with Crippen LogP contribution in [0.4, 0.5) is 0 Å². The van der Waals surface area contributed by atoms with Crippen molar-refractivity contribution in [2.24, 2.45) is 0 Å². The highest BCUT2D eigenvalue weighted by Gasteiger charge is 2.15. The Morgan fingerprint density at radius 2 is 2.33 bits per heavy atom. The van der Waals surface area contributed by atoms with Crippen molar-refractivity contribution in [3.63, 3.8) is 0 Å². The number of alkyl halides is 1. The monoisotopic (exact) mass is 384 g/mol. The molecule has 15 heavy (non-hydrogen) atoms. The van der Waals surface area contributed by atoms with E-state index in [1.807, 2.05) is 24.3 Å². The number of esters is 1. The molecule has 0 aromatic heterocycles. The van der Waals surface area contributed by atoms with Crippen molar-refractivity contribution in [2.45, 2.75) is 4.83 Å². The molecule has 0 N–H and O–H groups in total. The number of hydrogen-bond donors (Lipinski definition) is 0. The first-order valence-electron chi connectivity index (χ1n) is 4.23. The first-order chi connectivity index (χ1) is 7.13. The fourth-order valence-electron chi connectivity index (χ4n) is 0.922. The molecule has 1 atom stereocenters. The third-order valence-corrected chi connectivity index (χ3v) is 2.96. The summed E-state index contributed by atoms with van der Waals surface area (Å²) in [5, 5.41) is 0. The minimum Gasteiger partial charge on any atom is -0.492 e. The van der Waals surface area contributed by atoms with Crippen molar-refractivity contribution in [3.8, 4) is 5.75 Å². The Balaban J connectivity index is 2.47. The van der Waals surface area contributed by atoms with Crippen molar-refractivity contribution in [1.29, 1.82) is 0 Å². The Bertz CT molecular complexity index is 343. The van der Waals surface area contributed by atoms with Crippen LogP contribution in [-0.4, -0.2) is 24.5 Å². The number of benzene rings is 1. The average Bonchev–Trinajstić information content (AvgIpc) is 2.25. The zero-order chi connectivity index (χ0) is 11.3. The van der Waals surface area contributed by atoms with Crippen molar-refractivity contribution < 1.29 is 14.3 Å². The minimum absolute atomic E-state index is 0.257. The number of hydrogen-bond acceptors (Lipinski definition) is 3. The van der Waals surface area contributed by atoms with Gasteiger partial charge < -0.3 is 9.47 Å². The lowest BCUT2D eigenvalue weighted by atomic mass is 10.3. The summed E-state index contributed by atoms with van der Waals surface area (Å²) < 4.78 is 11.1. The molecule has 0 saturated heterocycles. The van der Waals surface area contributed by atoms with E-state index in [2.05, 4.69) is 43.3 Å². The molecule has 1 unspecified atom stereocenters. The number of carbonyl (C=O) groups excluding carboxylic acids is 1. The number of ether oxygens (including phenoxy) is 2.